The molecule has 0 bridgehead atoms. The molecule has 2 aromatic carbocycles. The zero-order valence-corrected chi connectivity index (χ0v) is 17.5. The van der Waals surface area contributed by atoms with Gasteiger partial charge in [-0.05, 0) is 43.5 Å². The van der Waals surface area contributed by atoms with Crippen molar-refractivity contribution < 1.29 is 13.5 Å². The molecule has 1 aliphatic rings. The number of rotatable bonds is 6. The lowest BCUT2D eigenvalue weighted by Gasteiger charge is -2.27. The van der Waals surface area contributed by atoms with E-state index >= 15 is 0 Å². The predicted octanol–water partition coefficient (Wildman–Crippen LogP) is 4.38. The van der Waals surface area contributed by atoms with Gasteiger partial charge in [-0.15, -0.1) is 24.0 Å². The Hall–Kier alpha value is -1.90. The van der Waals surface area contributed by atoms with Crippen LogP contribution in [0.1, 0.15) is 30.4 Å². The van der Waals surface area contributed by atoms with Crippen LogP contribution >= 0.6 is 24.0 Å². The van der Waals surface area contributed by atoms with Crippen LogP contribution in [0, 0.1) is 11.6 Å². The standard InChI is InChI=1S/C20H23F2N3O.HI/c1-23-20(25-13-15-11-16(21)9-10-18(15)22)24-12-14-5-2-3-8-19(14)26-17-6-4-7-17;/h2-3,5,8-11,17H,4,6-7,12-13H2,1H3,(H2,23,24,25);1H. The number of hydrogen-bond acceptors (Lipinski definition) is 2. The molecular formula is C20H24F2IN3O. The van der Waals surface area contributed by atoms with Gasteiger partial charge >= 0.3 is 0 Å². The molecule has 1 aliphatic carbocycles. The highest BCUT2D eigenvalue weighted by Crippen LogP contribution is 2.27. The highest BCUT2D eigenvalue weighted by molar-refractivity contribution is 14.0. The Labute approximate surface area is 175 Å². The molecular weight excluding hydrogens is 463 g/mol. The van der Waals surface area contributed by atoms with E-state index in [1.54, 1.807) is 7.05 Å². The smallest absolute Gasteiger partial charge is 0.191 e. The molecule has 0 aliphatic heterocycles. The van der Waals surface area contributed by atoms with Crippen molar-refractivity contribution in [3.63, 3.8) is 0 Å². The van der Waals surface area contributed by atoms with Crippen LogP contribution in [0.5, 0.6) is 5.75 Å². The molecule has 3 rings (SSSR count). The Kier molecular flexibility index (Phi) is 8.27. The number of nitrogens with zero attached hydrogens (tertiary/aromatic N) is 1. The molecule has 4 nitrogen and oxygen atoms in total. The molecule has 146 valence electrons. The fourth-order valence-electron chi connectivity index (χ4n) is 2.69. The van der Waals surface area contributed by atoms with Gasteiger partial charge < -0.3 is 15.4 Å². The minimum atomic E-state index is -0.465. The van der Waals surface area contributed by atoms with Gasteiger partial charge in [0.1, 0.15) is 17.4 Å². The van der Waals surface area contributed by atoms with E-state index in [0.717, 1.165) is 36.3 Å². The number of para-hydroxylation sites is 1. The van der Waals surface area contributed by atoms with Crippen LogP contribution in [0.15, 0.2) is 47.5 Å². The first kappa shape index (κ1) is 21.4. The summed E-state index contributed by atoms with van der Waals surface area (Å²) in [5.41, 5.74) is 1.28. The van der Waals surface area contributed by atoms with E-state index in [2.05, 4.69) is 15.6 Å². The third-order valence-electron chi connectivity index (χ3n) is 4.44. The molecule has 0 heterocycles. The minimum Gasteiger partial charge on any atom is -0.490 e. The summed E-state index contributed by atoms with van der Waals surface area (Å²) in [5, 5.41) is 6.18. The number of halogens is 3. The van der Waals surface area contributed by atoms with Crippen molar-refractivity contribution in [3.05, 3.63) is 65.2 Å². The maximum absolute atomic E-state index is 13.7. The number of hydrogen-bond donors (Lipinski definition) is 2. The molecule has 1 saturated carbocycles. The average Bonchev–Trinajstić information content (AvgIpc) is 2.62. The number of ether oxygens (including phenoxy) is 1. The largest absolute Gasteiger partial charge is 0.490 e. The van der Waals surface area contributed by atoms with E-state index in [9.17, 15) is 8.78 Å². The molecule has 7 heteroatoms. The van der Waals surface area contributed by atoms with Crippen LogP contribution in [0.4, 0.5) is 8.78 Å². The quantitative estimate of drug-likeness (QED) is 0.361. The van der Waals surface area contributed by atoms with Crippen molar-refractivity contribution >= 4 is 29.9 Å². The van der Waals surface area contributed by atoms with Crippen LogP contribution in [-0.2, 0) is 13.1 Å². The van der Waals surface area contributed by atoms with Crippen molar-refractivity contribution in [2.45, 2.75) is 38.5 Å². The van der Waals surface area contributed by atoms with E-state index in [1.807, 2.05) is 24.3 Å². The van der Waals surface area contributed by atoms with E-state index in [-0.39, 0.29) is 36.1 Å². The normalized spacial score (nSPS) is 14.1. The van der Waals surface area contributed by atoms with E-state index in [4.69, 9.17) is 4.74 Å². The summed E-state index contributed by atoms with van der Waals surface area (Å²) >= 11 is 0. The van der Waals surface area contributed by atoms with Crippen LogP contribution in [-0.4, -0.2) is 19.1 Å². The van der Waals surface area contributed by atoms with E-state index in [1.165, 1.54) is 12.5 Å². The SMILES string of the molecule is CN=C(NCc1cc(F)ccc1F)NCc1ccccc1OC1CCC1.I. The summed E-state index contributed by atoms with van der Waals surface area (Å²) in [5.74, 6) is 0.463. The van der Waals surface area contributed by atoms with Crippen LogP contribution < -0.4 is 15.4 Å². The summed E-state index contributed by atoms with van der Waals surface area (Å²) in [4.78, 5) is 4.13. The van der Waals surface area contributed by atoms with Gasteiger partial charge in [0.25, 0.3) is 0 Å². The molecule has 0 aromatic heterocycles. The van der Waals surface area contributed by atoms with Gasteiger partial charge in [0.2, 0.25) is 0 Å². The van der Waals surface area contributed by atoms with Gasteiger partial charge in [0.15, 0.2) is 5.96 Å². The zero-order valence-electron chi connectivity index (χ0n) is 15.2. The first-order valence-electron chi connectivity index (χ1n) is 8.78. The molecule has 27 heavy (non-hydrogen) atoms. The monoisotopic (exact) mass is 487 g/mol. The first-order valence-corrected chi connectivity index (χ1v) is 8.78. The number of benzene rings is 2. The Morgan fingerprint density at radius 2 is 1.78 bits per heavy atom. The van der Waals surface area contributed by atoms with Crippen LogP contribution in [0.25, 0.3) is 0 Å². The molecule has 0 saturated heterocycles. The molecule has 0 spiro atoms. The van der Waals surface area contributed by atoms with E-state index in [0.29, 0.717) is 18.6 Å². The Morgan fingerprint density at radius 1 is 1.07 bits per heavy atom. The lowest BCUT2D eigenvalue weighted by Crippen LogP contribution is -2.36. The second-order valence-electron chi connectivity index (χ2n) is 6.29. The zero-order chi connectivity index (χ0) is 18.4. The predicted molar refractivity (Wildman–Crippen MR) is 114 cm³/mol. The molecule has 0 unspecified atom stereocenters. The number of nitrogens with one attached hydrogen (secondary N) is 2. The third kappa shape index (κ3) is 6.05. The Morgan fingerprint density at radius 3 is 2.44 bits per heavy atom. The summed E-state index contributed by atoms with van der Waals surface area (Å²) < 4.78 is 33.0. The van der Waals surface area contributed by atoms with Gasteiger partial charge in [-0.1, -0.05) is 18.2 Å². The van der Waals surface area contributed by atoms with Crippen molar-refractivity contribution in [1.29, 1.82) is 0 Å². The molecule has 2 N–H and O–H groups in total. The molecule has 1 fully saturated rings. The van der Waals surface area contributed by atoms with Crippen molar-refractivity contribution in [1.82, 2.24) is 10.6 Å². The lowest BCUT2D eigenvalue weighted by atomic mass is 9.96. The second kappa shape index (κ2) is 10.4. The summed E-state index contributed by atoms with van der Waals surface area (Å²) in [7, 11) is 1.63. The second-order valence-corrected chi connectivity index (χ2v) is 6.29. The Balaban J connectivity index is 0.00000261. The third-order valence-corrected chi connectivity index (χ3v) is 4.44. The minimum absolute atomic E-state index is 0. The number of guanidine groups is 1. The molecule has 2 aromatic rings. The maximum atomic E-state index is 13.7. The molecule has 0 amide bonds. The topological polar surface area (TPSA) is 45.7 Å². The number of aliphatic imine (C=N–C) groups is 1. The molecule has 0 atom stereocenters. The van der Waals surface area contributed by atoms with Crippen LogP contribution in [0.3, 0.4) is 0 Å². The van der Waals surface area contributed by atoms with Gasteiger partial charge in [-0.3, -0.25) is 4.99 Å². The van der Waals surface area contributed by atoms with Crippen molar-refractivity contribution in [3.8, 4) is 5.75 Å². The lowest BCUT2D eigenvalue weighted by molar-refractivity contribution is 0.119. The van der Waals surface area contributed by atoms with Gasteiger partial charge in [-0.25, -0.2) is 8.78 Å². The maximum Gasteiger partial charge on any atom is 0.191 e. The van der Waals surface area contributed by atoms with E-state index < -0.39 is 11.6 Å². The fourth-order valence-corrected chi connectivity index (χ4v) is 2.69. The molecule has 0 radical (unpaired) electrons. The average molecular weight is 487 g/mol. The summed E-state index contributed by atoms with van der Waals surface area (Å²) in [6.07, 6.45) is 3.73. The Bertz CT molecular complexity index is 782. The highest BCUT2D eigenvalue weighted by Gasteiger charge is 2.20. The van der Waals surface area contributed by atoms with Crippen molar-refractivity contribution in [2.75, 3.05) is 7.05 Å². The van der Waals surface area contributed by atoms with Gasteiger partial charge in [0.05, 0.1) is 6.10 Å². The van der Waals surface area contributed by atoms with Gasteiger partial charge in [0, 0.05) is 31.3 Å². The summed E-state index contributed by atoms with van der Waals surface area (Å²) in [6.45, 7) is 0.664. The van der Waals surface area contributed by atoms with Crippen molar-refractivity contribution in [2.24, 2.45) is 4.99 Å². The van der Waals surface area contributed by atoms with Crippen LogP contribution in [0.2, 0.25) is 0 Å². The first-order chi connectivity index (χ1) is 12.7. The fraction of sp³-hybridized carbons (Fsp3) is 0.350. The summed E-state index contributed by atoms with van der Waals surface area (Å²) in [6, 6.07) is 11.3. The highest BCUT2D eigenvalue weighted by atomic mass is 127. The van der Waals surface area contributed by atoms with Gasteiger partial charge in [-0.2, -0.15) is 0 Å².